The van der Waals surface area contributed by atoms with Crippen molar-refractivity contribution in [2.45, 2.75) is 20.3 Å². The van der Waals surface area contributed by atoms with Crippen LogP contribution in [-0.2, 0) is 11.2 Å². The van der Waals surface area contributed by atoms with E-state index in [0.29, 0.717) is 29.8 Å². The summed E-state index contributed by atoms with van der Waals surface area (Å²) in [5.41, 5.74) is 2.33. The lowest BCUT2D eigenvalue weighted by molar-refractivity contribution is -0.385. The van der Waals surface area contributed by atoms with Crippen molar-refractivity contribution in [2.75, 3.05) is 13.2 Å². The van der Waals surface area contributed by atoms with Crippen molar-refractivity contribution in [3.8, 4) is 5.75 Å². The number of nitro benzene ring substituents is 1. The summed E-state index contributed by atoms with van der Waals surface area (Å²) in [5.74, 6) is -0.960. The highest BCUT2D eigenvalue weighted by molar-refractivity contribution is 5.96. The largest absolute Gasteiger partial charge is 0.482 e. The Kier molecular flexibility index (Phi) is 6.48. The number of amides is 1. The van der Waals surface area contributed by atoms with Crippen LogP contribution in [0.15, 0.2) is 36.4 Å². The van der Waals surface area contributed by atoms with Crippen LogP contribution in [0.5, 0.6) is 5.75 Å². The molecule has 2 aromatic rings. The molecule has 0 aliphatic carbocycles. The molecule has 2 N–H and O–H groups in total. The number of aryl methyl sites for hydroxylation is 2. The second-order valence-electron chi connectivity index (χ2n) is 6.04. The fourth-order valence-electron chi connectivity index (χ4n) is 2.60. The van der Waals surface area contributed by atoms with Gasteiger partial charge < -0.3 is 15.2 Å². The van der Waals surface area contributed by atoms with E-state index in [1.165, 1.54) is 6.07 Å². The number of nitrogens with one attached hydrogen (secondary N) is 1. The Labute approximate surface area is 155 Å². The minimum atomic E-state index is -1.05. The number of rotatable bonds is 8. The highest BCUT2D eigenvalue weighted by Crippen LogP contribution is 2.22. The summed E-state index contributed by atoms with van der Waals surface area (Å²) in [4.78, 5) is 33.3. The smallest absolute Gasteiger partial charge is 0.341 e. The standard InChI is InChI=1S/C19H20N2O6/c1-12-9-13(2)17(21(25)26)10-16(12)19(24)20-8-7-14-3-5-15(6-4-14)27-11-18(22)23/h3-6,9-10H,7-8,11H2,1-2H3,(H,20,24)(H,22,23). The number of ether oxygens (including phenoxy) is 1. The number of carboxylic acid groups (broad SMARTS) is 1. The maximum Gasteiger partial charge on any atom is 0.341 e. The molecule has 0 radical (unpaired) electrons. The molecule has 0 saturated carbocycles. The van der Waals surface area contributed by atoms with E-state index in [9.17, 15) is 19.7 Å². The first kappa shape index (κ1) is 19.9. The summed E-state index contributed by atoms with van der Waals surface area (Å²) >= 11 is 0. The third kappa shape index (κ3) is 5.53. The minimum absolute atomic E-state index is 0.0808. The molecule has 2 aromatic carbocycles. The molecule has 0 spiro atoms. The molecule has 142 valence electrons. The van der Waals surface area contributed by atoms with Gasteiger partial charge in [0.05, 0.1) is 4.92 Å². The molecule has 0 fully saturated rings. The molecule has 0 saturated heterocycles. The molecule has 0 heterocycles. The molecular weight excluding hydrogens is 352 g/mol. The number of carboxylic acids is 1. The first-order valence-corrected chi connectivity index (χ1v) is 8.25. The van der Waals surface area contributed by atoms with Crippen molar-refractivity contribution in [1.29, 1.82) is 0 Å². The average molecular weight is 372 g/mol. The predicted molar refractivity (Wildman–Crippen MR) is 98.2 cm³/mol. The Morgan fingerprint density at radius 3 is 2.41 bits per heavy atom. The van der Waals surface area contributed by atoms with Crippen molar-refractivity contribution in [3.63, 3.8) is 0 Å². The van der Waals surface area contributed by atoms with Gasteiger partial charge in [0, 0.05) is 23.7 Å². The Balaban J connectivity index is 1.93. The third-order valence-electron chi connectivity index (χ3n) is 3.97. The molecule has 0 unspecified atom stereocenters. The van der Waals surface area contributed by atoms with Gasteiger partial charge in [0.1, 0.15) is 5.75 Å². The number of benzene rings is 2. The van der Waals surface area contributed by atoms with E-state index in [-0.39, 0.29) is 17.2 Å². The lowest BCUT2D eigenvalue weighted by Crippen LogP contribution is -2.26. The maximum absolute atomic E-state index is 12.3. The summed E-state index contributed by atoms with van der Waals surface area (Å²) < 4.78 is 5.05. The summed E-state index contributed by atoms with van der Waals surface area (Å²) in [6, 6.07) is 9.81. The van der Waals surface area contributed by atoms with Crippen LogP contribution in [0, 0.1) is 24.0 Å². The van der Waals surface area contributed by atoms with E-state index in [4.69, 9.17) is 9.84 Å². The lowest BCUT2D eigenvalue weighted by atomic mass is 10.0. The van der Waals surface area contributed by atoms with Gasteiger partial charge in [-0.15, -0.1) is 0 Å². The quantitative estimate of drug-likeness (QED) is 0.543. The van der Waals surface area contributed by atoms with Gasteiger partial charge in [-0.3, -0.25) is 14.9 Å². The third-order valence-corrected chi connectivity index (χ3v) is 3.97. The van der Waals surface area contributed by atoms with E-state index in [0.717, 1.165) is 5.56 Å². The van der Waals surface area contributed by atoms with Crippen LogP contribution in [0.1, 0.15) is 27.0 Å². The maximum atomic E-state index is 12.3. The first-order chi connectivity index (χ1) is 12.8. The van der Waals surface area contributed by atoms with E-state index in [2.05, 4.69) is 5.32 Å². The number of nitrogens with zero attached hydrogens (tertiary/aromatic N) is 1. The highest BCUT2D eigenvalue weighted by atomic mass is 16.6. The van der Waals surface area contributed by atoms with Gasteiger partial charge in [-0.25, -0.2) is 4.79 Å². The highest BCUT2D eigenvalue weighted by Gasteiger charge is 2.17. The SMILES string of the molecule is Cc1cc(C)c([N+](=O)[O-])cc1C(=O)NCCc1ccc(OCC(=O)O)cc1. The number of aliphatic carboxylic acids is 1. The molecule has 0 aromatic heterocycles. The van der Waals surface area contributed by atoms with Crippen LogP contribution in [0.3, 0.4) is 0 Å². The van der Waals surface area contributed by atoms with Crippen molar-refractivity contribution < 1.29 is 24.4 Å². The van der Waals surface area contributed by atoms with Gasteiger partial charge in [-0.05, 0) is 49.6 Å². The van der Waals surface area contributed by atoms with Crippen molar-refractivity contribution in [3.05, 3.63) is 68.8 Å². The minimum Gasteiger partial charge on any atom is -0.482 e. The number of hydrogen-bond acceptors (Lipinski definition) is 5. The Morgan fingerprint density at radius 2 is 1.81 bits per heavy atom. The van der Waals surface area contributed by atoms with E-state index >= 15 is 0 Å². The summed E-state index contributed by atoms with van der Waals surface area (Å²) in [6.07, 6.45) is 0.554. The fourth-order valence-corrected chi connectivity index (χ4v) is 2.60. The second kappa shape index (κ2) is 8.79. The average Bonchev–Trinajstić information content (AvgIpc) is 2.60. The van der Waals surface area contributed by atoms with Crippen molar-refractivity contribution >= 4 is 17.6 Å². The number of carbonyl (C=O) groups is 2. The van der Waals surface area contributed by atoms with E-state index in [1.807, 2.05) is 0 Å². The second-order valence-corrected chi connectivity index (χ2v) is 6.04. The Bertz CT molecular complexity index is 861. The number of hydrogen-bond donors (Lipinski definition) is 2. The number of nitro groups is 1. The molecule has 0 aliphatic rings. The van der Waals surface area contributed by atoms with Gasteiger partial charge in [-0.1, -0.05) is 12.1 Å². The zero-order valence-electron chi connectivity index (χ0n) is 15.0. The molecule has 2 rings (SSSR count). The predicted octanol–water partition coefficient (Wildman–Crippen LogP) is 2.65. The van der Waals surface area contributed by atoms with Crippen LogP contribution in [0.2, 0.25) is 0 Å². The fraction of sp³-hybridized carbons (Fsp3) is 0.263. The summed E-state index contributed by atoms with van der Waals surface area (Å²) in [7, 11) is 0. The van der Waals surface area contributed by atoms with Gasteiger partial charge in [0.15, 0.2) is 6.61 Å². The first-order valence-electron chi connectivity index (χ1n) is 8.25. The molecule has 1 amide bonds. The topological polar surface area (TPSA) is 119 Å². The van der Waals surface area contributed by atoms with Crippen molar-refractivity contribution in [1.82, 2.24) is 5.32 Å². The molecular formula is C19H20N2O6. The normalized spacial score (nSPS) is 10.3. The van der Waals surface area contributed by atoms with Crippen LogP contribution < -0.4 is 10.1 Å². The van der Waals surface area contributed by atoms with Gasteiger partial charge >= 0.3 is 5.97 Å². The monoisotopic (exact) mass is 372 g/mol. The van der Waals surface area contributed by atoms with Crippen LogP contribution in [-0.4, -0.2) is 35.1 Å². The van der Waals surface area contributed by atoms with Gasteiger partial charge in [0.25, 0.3) is 11.6 Å². The van der Waals surface area contributed by atoms with Crippen LogP contribution >= 0.6 is 0 Å². The molecule has 8 nitrogen and oxygen atoms in total. The number of carbonyl (C=O) groups excluding carboxylic acids is 1. The summed E-state index contributed by atoms with van der Waals surface area (Å²) in [5, 5.41) is 22.4. The lowest BCUT2D eigenvalue weighted by Gasteiger charge is -2.09. The molecule has 0 atom stereocenters. The molecule has 0 bridgehead atoms. The zero-order chi connectivity index (χ0) is 20.0. The molecule has 8 heteroatoms. The van der Waals surface area contributed by atoms with Crippen molar-refractivity contribution in [2.24, 2.45) is 0 Å². The summed E-state index contributed by atoms with van der Waals surface area (Å²) in [6.45, 7) is 3.32. The van der Waals surface area contributed by atoms with E-state index < -0.39 is 17.5 Å². The van der Waals surface area contributed by atoms with Crippen LogP contribution in [0.25, 0.3) is 0 Å². The Morgan fingerprint density at radius 1 is 1.15 bits per heavy atom. The molecule has 27 heavy (non-hydrogen) atoms. The molecule has 0 aliphatic heterocycles. The van der Waals surface area contributed by atoms with Gasteiger partial charge in [0.2, 0.25) is 0 Å². The van der Waals surface area contributed by atoms with Crippen LogP contribution in [0.4, 0.5) is 5.69 Å². The zero-order valence-corrected chi connectivity index (χ0v) is 15.0. The van der Waals surface area contributed by atoms with Gasteiger partial charge in [-0.2, -0.15) is 0 Å². The Hall–Kier alpha value is -3.42. The van der Waals surface area contributed by atoms with E-state index in [1.54, 1.807) is 44.2 Å².